The largest absolute Gasteiger partial charge is 0.324 e. The molecular formula is C16H16N2S. The molecular weight excluding hydrogens is 252 g/mol. The summed E-state index contributed by atoms with van der Waals surface area (Å²) in [6, 6.07) is 14.7. The Morgan fingerprint density at radius 3 is 2.74 bits per heavy atom. The maximum atomic E-state index is 6.37. The maximum Gasteiger partial charge on any atom is 0.0947 e. The Morgan fingerprint density at radius 2 is 1.95 bits per heavy atom. The SMILES string of the molecule is Cc1csc(CC(N)c2cccc3ccccc23)n1. The average molecular weight is 268 g/mol. The van der Waals surface area contributed by atoms with Crippen molar-refractivity contribution in [3.05, 3.63) is 64.1 Å². The Hall–Kier alpha value is -1.71. The summed E-state index contributed by atoms with van der Waals surface area (Å²) in [5.41, 5.74) is 8.64. The van der Waals surface area contributed by atoms with Crippen LogP contribution in [0.5, 0.6) is 0 Å². The number of aromatic nitrogens is 1. The van der Waals surface area contributed by atoms with E-state index in [1.165, 1.54) is 16.3 Å². The minimum atomic E-state index is -0.00310. The molecule has 96 valence electrons. The zero-order valence-corrected chi connectivity index (χ0v) is 11.7. The first-order valence-electron chi connectivity index (χ1n) is 6.38. The molecule has 1 aromatic heterocycles. The number of hydrogen-bond donors (Lipinski definition) is 1. The third kappa shape index (κ3) is 2.53. The minimum absolute atomic E-state index is 0.00310. The number of thiazole rings is 1. The average Bonchev–Trinajstić information content (AvgIpc) is 2.83. The van der Waals surface area contributed by atoms with Crippen LogP contribution in [0, 0.1) is 6.92 Å². The van der Waals surface area contributed by atoms with Gasteiger partial charge in [0.1, 0.15) is 0 Å². The zero-order valence-electron chi connectivity index (χ0n) is 10.8. The molecule has 0 saturated heterocycles. The van der Waals surface area contributed by atoms with Gasteiger partial charge in [0.15, 0.2) is 0 Å². The summed E-state index contributed by atoms with van der Waals surface area (Å²) in [7, 11) is 0. The van der Waals surface area contributed by atoms with Crippen molar-refractivity contribution in [2.45, 2.75) is 19.4 Å². The quantitative estimate of drug-likeness (QED) is 0.783. The van der Waals surface area contributed by atoms with E-state index in [2.05, 4.69) is 52.8 Å². The standard InChI is InChI=1S/C16H16N2S/c1-11-10-19-16(18-11)9-15(17)14-8-4-6-12-5-2-3-7-13(12)14/h2-8,10,15H,9,17H2,1H3. The van der Waals surface area contributed by atoms with Crippen LogP contribution in [-0.2, 0) is 6.42 Å². The van der Waals surface area contributed by atoms with Crippen molar-refractivity contribution >= 4 is 22.1 Å². The molecule has 2 N–H and O–H groups in total. The first-order chi connectivity index (χ1) is 9.24. The number of nitrogens with two attached hydrogens (primary N) is 1. The predicted octanol–water partition coefficient (Wildman–Crippen LogP) is 3.85. The fourth-order valence-electron chi connectivity index (χ4n) is 2.37. The van der Waals surface area contributed by atoms with Gasteiger partial charge >= 0.3 is 0 Å². The molecule has 0 amide bonds. The van der Waals surface area contributed by atoms with Gasteiger partial charge in [-0.1, -0.05) is 42.5 Å². The molecule has 2 nitrogen and oxygen atoms in total. The Labute approximate surface area is 116 Å². The van der Waals surface area contributed by atoms with Crippen LogP contribution in [-0.4, -0.2) is 4.98 Å². The molecule has 0 aliphatic rings. The lowest BCUT2D eigenvalue weighted by molar-refractivity contribution is 0.722. The van der Waals surface area contributed by atoms with E-state index in [0.29, 0.717) is 0 Å². The van der Waals surface area contributed by atoms with Crippen molar-refractivity contribution in [3.8, 4) is 0 Å². The molecule has 0 spiro atoms. The molecule has 0 aliphatic carbocycles. The second-order valence-corrected chi connectivity index (χ2v) is 5.70. The van der Waals surface area contributed by atoms with E-state index in [1.807, 2.05) is 6.92 Å². The summed E-state index contributed by atoms with van der Waals surface area (Å²) < 4.78 is 0. The highest BCUT2D eigenvalue weighted by molar-refractivity contribution is 7.09. The van der Waals surface area contributed by atoms with E-state index in [1.54, 1.807) is 11.3 Å². The highest BCUT2D eigenvalue weighted by atomic mass is 32.1. The minimum Gasteiger partial charge on any atom is -0.324 e. The van der Waals surface area contributed by atoms with Crippen LogP contribution >= 0.6 is 11.3 Å². The summed E-state index contributed by atoms with van der Waals surface area (Å²) in [6.07, 6.45) is 0.798. The lowest BCUT2D eigenvalue weighted by atomic mass is 9.97. The predicted molar refractivity (Wildman–Crippen MR) is 81.4 cm³/mol. The number of aryl methyl sites for hydroxylation is 1. The van der Waals surface area contributed by atoms with Gasteiger partial charge in [-0.3, -0.25) is 0 Å². The van der Waals surface area contributed by atoms with Gasteiger partial charge in [-0.2, -0.15) is 0 Å². The summed E-state index contributed by atoms with van der Waals surface area (Å²) in [5, 5.41) is 5.67. The van der Waals surface area contributed by atoms with Crippen molar-refractivity contribution < 1.29 is 0 Å². The monoisotopic (exact) mass is 268 g/mol. The Morgan fingerprint density at radius 1 is 1.16 bits per heavy atom. The van der Waals surface area contributed by atoms with Crippen LogP contribution < -0.4 is 5.73 Å². The molecule has 19 heavy (non-hydrogen) atoms. The normalized spacial score (nSPS) is 12.7. The van der Waals surface area contributed by atoms with Gasteiger partial charge in [-0.05, 0) is 23.3 Å². The van der Waals surface area contributed by atoms with Gasteiger partial charge in [0.25, 0.3) is 0 Å². The number of rotatable bonds is 3. The highest BCUT2D eigenvalue weighted by Gasteiger charge is 2.12. The zero-order chi connectivity index (χ0) is 13.2. The van der Waals surface area contributed by atoms with Crippen molar-refractivity contribution in [1.29, 1.82) is 0 Å². The Balaban J connectivity index is 1.95. The van der Waals surface area contributed by atoms with Crippen LogP contribution in [0.2, 0.25) is 0 Å². The molecule has 0 aliphatic heterocycles. The lowest BCUT2D eigenvalue weighted by Gasteiger charge is -2.13. The van der Waals surface area contributed by atoms with Gasteiger partial charge < -0.3 is 5.73 Å². The van der Waals surface area contributed by atoms with E-state index in [-0.39, 0.29) is 6.04 Å². The van der Waals surface area contributed by atoms with Crippen LogP contribution in [0.1, 0.15) is 22.3 Å². The topological polar surface area (TPSA) is 38.9 Å². The van der Waals surface area contributed by atoms with E-state index >= 15 is 0 Å². The molecule has 0 bridgehead atoms. The van der Waals surface area contributed by atoms with Crippen molar-refractivity contribution in [2.75, 3.05) is 0 Å². The molecule has 2 aromatic carbocycles. The van der Waals surface area contributed by atoms with Gasteiger partial charge in [-0.15, -0.1) is 11.3 Å². The molecule has 1 atom stereocenters. The Kier molecular flexibility index (Phi) is 3.32. The molecule has 0 radical (unpaired) electrons. The Bertz CT molecular complexity index is 697. The molecule has 1 unspecified atom stereocenters. The molecule has 3 heteroatoms. The second-order valence-electron chi connectivity index (χ2n) is 4.76. The number of nitrogens with zero attached hydrogens (tertiary/aromatic N) is 1. The molecule has 1 heterocycles. The van der Waals surface area contributed by atoms with Crippen LogP contribution in [0.3, 0.4) is 0 Å². The summed E-state index contributed by atoms with van der Waals surface area (Å²) in [6.45, 7) is 2.02. The maximum absolute atomic E-state index is 6.37. The van der Waals surface area contributed by atoms with Gasteiger partial charge in [0.05, 0.1) is 5.01 Å². The van der Waals surface area contributed by atoms with E-state index in [4.69, 9.17) is 5.73 Å². The molecule has 3 aromatic rings. The molecule has 0 saturated carbocycles. The number of benzene rings is 2. The van der Waals surface area contributed by atoms with Crippen molar-refractivity contribution in [2.24, 2.45) is 5.73 Å². The number of fused-ring (bicyclic) bond motifs is 1. The fourth-order valence-corrected chi connectivity index (χ4v) is 3.20. The van der Waals surface area contributed by atoms with Gasteiger partial charge in [-0.25, -0.2) is 4.98 Å². The first-order valence-corrected chi connectivity index (χ1v) is 7.26. The summed E-state index contributed by atoms with van der Waals surface area (Å²) in [5.74, 6) is 0. The van der Waals surface area contributed by atoms with Gasteiger partial charge in [0.2, 0.25) is 0 Å². The van der Waals surface area contributed by atoms with Crippen molar-refractivity contribution in [3.63, 3.8) is 0 Å². The van der Waals surface area contributed by atoms with E-state index in [0.717, 1.165) is 17.1 Å². The lowest BCUT2D eigenvalue weighted by Crippen LogP contribution is -2.13. The smallest absolute Gasteiger partial charge is 0.0947 e. The number of hydrogen-bond acceptors (Lipinski definition) is 3. The van der Waals surface area contributed by atoms with Crippen LogP contribution in [0.15, 0.2) is 47.8 Å². The molecule has 3 rings (SSSR count). The highest BCUT2D eigenvalue weighted by Crippen LogP contribution is 2.26. The van der Waals surface area contributed by atoms with Gasteiger partial charge in [0, 0.05) is 23.5 Å². The van der Waals surface area contributed by atoms with E-state index < -0.39 is 0 Å². The first kappa shape index (κ1) is 12.3. The second kappa shape index (κ2) is 5.11. The van der Waals surface area contributed by atoms with Crippen molar-refractivity contribution in [1.82, 2.24) is 4.98 Å². The summed E-state index contributed by atoms with van der Waals surface area (Å²) in [4.78, 5) is 4.49. The third-order valence-corrected chi connectivity index (χ3v) is 4.27. The fraction of sp³-hybridized carbons (Fsp3) is 0.188. The summed E-state index contributed by atoms with van der Waals surface area (Å²) >= 11 is 1.69. The molecule has 0 fully saturated rings. The third-order valence-electron chi connectivity index (χ3n) is 3.28. The van der Waals surface area contributed by atoms with Crippen LogP contribution in [0.25, 0.3) is 10.8 Å². The van der Waals surface area contributed by atoms with Crippen LogP contribution in [0.4, 0.5) is 0 Å². The van der Waals surface area contributed by atoms with E-state index in [9.17, 15) is 0 Å².